The molecule has 2 rings (SSSR count). The van der Waals surface area contributed by atoms with E-state index in [0.29, 0.717) is 5.16 Å². The fourth-order valence-corrected chi connectivity index (χ4v) is 2.38. The van der Waals surface area contributed by atoms with E-state index in [2.05, 4.69) is 22.4 Å². The molecule has 1 aromatic heterocycles. The van der Waals surface area contributed by atoms with Crippen molar-refractivity contribution in [3.05, 3.63) is 29.3 Å². The smallest absolute Gasteiger partial charge is 0.316 e. The van der Waals surface area contributed by atoms with Crippen LogP contribution in [0.15, 0.2) is 23.4 Å². The molecule has 0 saturated heterocycles. The van der Waals surface area contributed by atoms with Gasteiger partial charge in [-0.15, -0.1) is 5.10 Å². The Morgan fingerprint density at radius 1 is 1.33 bits per heavy atom. The molecule has 0 amide bonds. The van der Waals surface area contributed by atoms with Gasteiger partial charge in [0, 0.05) is 0 Å². The number of thioether (sulfide) groups is 1. The van der Waals surface area contributed by atoms with E-state index in [1.54, 1.807) is 4.68 Å². The topological polar surface area (TPSA) is 69.9 Å². The number of hydrogen-bond acceptors (Lipinski definition) is 6. The summed E-state index contributed by atoms with van der Waals surface area (Å²) < 4.78 is 6.72. The van der Waals surface area contributed by atoms with Crippen LogP contribution in [-0.2, 0) is 9.53 Å². The summed E-state index contributed by atoms with van der Waals surface area (Å²) in [5.74, 6) is -0.0896. The molecule has 0 aliphatic carbocycles. The van der Waals surface area contributed by atoms with Gasteiger partial charge in [0.25, 0.3) is 0 Å². The van der Waals surface area contributed by atoms with Gasteiger partial charge in [-0.1, -0.05) is 17.8 Å². The quantitative estimate of drug-likeness (QED) is 0.624. The Hall–Kier alpha value is -1.89. The molecule has 112 valence electrons. The number of nitrogens with zero attached hydrogens (tertiary/aromatic N) is 4. The van der Waals surface area contributed by atoms with E-state index in [0.717, 1.165) is 11.3 Å². The van der Waals surface area contributed by atoms with Crippen molar-refractivity contribution in [2.75, 3.05) is 5.75 Å². The van der Waals surface area contributed by atoms with Crippen LogP contribution in [0.2, 0.25) is 0 Å². The molecule has 0 radical (unpaired) electrons. The van der Waals surface area contributed by atoms with Gasteiger partial charge in [-0.2, -0.15) is 4.68 Å². The van der Waals surface area contributed by atoms with Crippen LogP contribution in [0, 0.1) is 13.8 Å². The molecule has 1 aromatic carbocycles. The lowest BCUT2D eigenvalue weighted by atomic mass is 10.1. The first kappa shape index (κ1) is 15.5. The van der Waals surface area contributed by atoms with Crippen molar-refractivity contribution in [2.24, 2.45) is 0 Å². The zero-order valence-electron chi connectivity index (χ0n) is 12.5. The Bertz CT molecular complexity index is 640. The maximum atomic E-state index is 11.6. The molecule has 7 heteroatoms. The highest BCUT2D eigenvalue weighted by molar-refractivity contribution is 7.99. The lowest BCUT2D eigenvalue weighted by molar-refractivity contribution is -0.144. The number of tetrazole rings is 1. The molecule has 6 nitrogen and oxygen atoms in total. The van der Waals surface area contributed by atoms with E-state index in [4.69, 9.17) is 4.74 Å². The van der Waals surface area contributed by atoms with Crippen molar-refractivity contribution in [1.82, 2.24) is 20.2 Å². The van der Waals surface area contributed by atoms with Gasteiger partial charge in [-0.05, 0) is 61.4 Å². The number of esters is 1. The van der Waals surface area contributed by atoms with Gasteiger partial charge in [-0.3, -0.25) is 4.79 Å². The second-order valence-electron chi connectivity index (χ2n) is 4.97. The van der Waals surface area contributed by atoms with Gasteiger partial charge >= 0.3 is 5.97 Å². The predicted molar refractivity (Wildman–Crippen MR) is 80.6 cm³/mol. The molecule has 2 aromatic rings. The van der Waals surface area contributed by atoms with Crippen LogP contribution in [0.3, 0.4) is 0 Å². The minimum atomic E-state index is -0.273. The SMILES string of the molecule is Cc1ccc(-n2nnnc2SCC(=O)OC(C)C)cc1C. The van der Waals surface area contributed by atoms with Crippen LogP contribution >= 0.6 is 11.8 Å². The van der Waals surface area contributed by atoms with Crippen LogP contribution in [0.4, 0.5) is 0 Å². The van der Waals surface area contributed by atoms with Crippen molar-refractivity contribution in [3.63, 3.8) is 0 Å². The molecule has 0 bridgehead atoms. The third-order valence-corrected chi connectivity index (χ3v) is 3.76. The second kappa shape index (κ2) is 6.71. The fraction of sp³-hybridized carbons (Fsp3) is 0.429. The van der Waals surface area contributed by atoms with Crippen LogP contribution in [0.1, 0.15) is 25.0 Å². The first-order valence-corrected chi connectivity index (χ1v) is 7.64. The summed E-state index contributed by atoms with van der Waals surface area (Å²) in [6, 6.07) is 5.99. The summed E-state index contributed by atoms with van der Waals surface area (Å²) in [6.45, 7) is 7.73. The number of aromatic nitrogens is 4. The third-order valence-electron chi connectivity index (χ3n) is 2.86. The van der Waals surface area contributed by atoms with E-state index in [9.17, 15) is 4.79 Å². The maximum absolute atomic E-state index is 11.6. The molecule has 0 aliphatic rings. The largest absolute Gasteiger partial charge is 0.462 e. The van der Waals surface area contributed by atoms with Gasteiger partial charge in [0.1, 0.15) is 0 Å². The maximum Gasteiger partial charge on any atom is 0.316 e. The number of aryl methyl sites for hydroxylation is 2. The number of rotatable bonds is 5. The van der Waals surface area contributed by atoms with E-state index < -0.39 is 0 Å². The van der Waals surface area contributed by atoms with Crippen molar-refractivity contribution in [3.8, 4) is 5.69 Å². The van der Waals surface area contributed by atoms with E-state index in [-0.39, 0.29) is 17.8 Å². The molecule has 0 saturated carbocycles. The molecule has 0 unspecified atom stereocenters. The van der Waals surface area contributed by atoms with Gasteiger partial charge in [-0.25, -0.2) is 0 Å². The van der Waals surface area contributed by atoms with Gasteiger partial charge < -0.3 is 4.74 Å². The molecule has 0 aliphatic heterocycles. The molecule has 1 heterocycles. The minimum absolute atomic E-state index is 0.117. The minimum Gasteiger partial charge on any atom is -0.462 e. The molecule has 0 fully saturated rings. The molecular formula is C14H18N4O2S. The number of carbonyl (C=O) groups excluding carboxylic acids is 1. The van der Waals surface area contributed by atoms with E-state index in [1.165, 1.54) is 17.3 Å². The Morgan fingerprint density at radius 2 is 2.10 bits per heavy atom. The number of benzene rings is 1. The highest BCUT2D eigenvalue weighted by Gasteiger charge is 2.13. The van der Waals surface area contributed by atoms with Gasteiger partial charge in [0.05, 0.1) is 17.5 Å². The van der Waals surface area contributed by atoms with Crippen LogP contribution in [-0.4, -0.2) is 38.0 Å². The molecular weight excluding hydrogens is 288 g/mol. The zero-order valence-corrected chi connectivity index (χ0v) is 13.3. The highest BCUT2D eigenvalue weighted by atomic mass is 32.2. The van der Waals surface area contributed by atoms with Crippen molar-refractivity contribution in [1.29, 1.82) is 0 Å². The van der Waals surface area contributed by atoms with Gasteiger partial charge in [0.2, 0.25) is 5.16 Å². The number of ether oxygens (including phenoxy) is 1. The predicted octanol–water partition coefficient (Wildman–Crippen LogP) is 2.32. The lowest BCUT2D eigenvalue weighted by Crippen LogP contribution is -2.13. The third kappa shape index (κ3) is 4.04. The lowest BCUT2D eigenvalue weighted by Gasteiger charge is -2.08. The first-order chi connectivity index (χ1) is 9.97. The number of hydrogen-bond donors (Lipinski definition) is 0. The van der Waals surface area contributed by atoms with Crippen molar-refractivity contribution in [2.45, 2.75) is 39.0 Å². The monoisotopic (exact) mass is 306 g/mol. The summed E-state index contributed by atoms with van der Waals surface area (Å²) in [5, 5.41) is 12.2. The zero-order chi connectivity index (χ0) is 15.4. The number of carbonyl (C=O) groups is 1. The van der Waals surface area contributed by atoms with Gasteiger partial charge in [0.15, 0.2) is 0 Å². The first-order valence-electron chi connectivity index (χ1n) is 6.65. The average Bonchev–Trinajstić information content (AvgIpc) is 2.87. The highest BCUT2D eigenvalue weighted by Crippen LogP contribution is 2.20. The van der Waals surface area contributed by atoms with Crippen molar-refractivity contribution < 1.29 is 9.53 Å². The summed E-state index contributed by atoms with van der Waals surface area (Å²) in [7, 11) is 0. The summed E-state index contributed by atoms with van der Waals surface area (Å²) in [4.78, 5) is 11.6. The Kier molecular flexibility index (Phi) is 4.95. The fourth-order valence-electron chi connectivity index (χ4n) is 1.71. The van der Waals surface area contributed by atoms with Crippen LogP contribution in [0.5, 0.6) is 0 Å². The Labute approximate surface area is 127 Å². The standard InChI is InChI=1S/C14H18N4O2S/c1-9(2)20-13(19)8-21-14-15-16-17-18(14)12-6-5-10(3)11(4)7-12/h5-7,9H,8H2,1-4H3. The Balaban J connectivity index is 2.11. The van der Waals surface area contributed by atoms with Crippen LogP contribution in [0.25, 0.3) is 5.69 Å². The molecule has 0 spiro atoms. The van der Waals surface area contributed by atoms with E-state index in [1.807, 2.05) is 39.0 Å². The van der Waals surface area contributed by atoms with Crippen molar-refractivity contribution >= 4 is 17.7 Å². The Morgan fingerprint density at radius 3 is 2.76 bits per heavy atom. The molecule has 0 atom stereocenters. The molecule has 21 heavy (non-hydrogen) atoms. The normalized spacial score (nSPS) is 10.9. The average molecular weight is 306 g/mol. The van der Waals surface area contributed by atoms with E-state index >= 15 is 0 Å². The summed E-state index contributed by atoms with van der Waals surface area (Å²) in [5.41, 5.74) is 3.25. The summed E-state index contributed by atoms with van der Waals surface area (Å²) in [6.07, 6.45) is -0.117. The second-order valence-corrected chi connectivity index (χ2v) is 5.91. The summed E-state index contributed by atoms with van der Waals surface area (Å²) >= 11 is 1.26. The molecule has 0 N–H and O–H groups in total. The van der Waals surface area contributed by atoms with Crippen LogP contribution < -0.4 is 0 Å².